The molecule has 5 heteroatoms. The van der Waals surface area contributed by atoms with Gasteiger partial charge in [0.1, 0.15) is 11.6 Å². The molecule has 0 unspecified atom stereocenters. The van der Waals surface area contributed by atoms with Gasteiger partial charge in [0.05, 0.1) is 6.42 Å². The minimum Gasteiger partial charge on any atom is -0.342 e. The number of hydrogen-bond acceptors (Lipinski definition) is 2. The van der Waals surface area contributed by atoms with E-state index in [1.165, 1.54) is 18.2 Å². The SMILES string of the molecule is CN1CCC[C@@H](CN(CCc2ccccc2)C(=O)Cc2c(F)cccc2F)C1. The van der Waals surface area contributed by atoms with Gasteiger partial charge >= 0.3 is 0 Å². The molecular formula is C23H28F2N2O. The predicted octanol–water partition coefficient (Wildman–Crippen LogP) is 3.92. The van der Waals surface area contributed by atoms with Crippen molar-refractivity contribution in [3.8, 4) is 0 Å². The molecule has 0 aliphatic carbocycles. The summed E-state index contributed by atoms with van der Waals surface area (Å²) in [4.78, 5) is 17.0. The smallest absolute Gasteiger partial charge is 0.227 e. The molecule has 150 valence electrons. The van der Waals surface area contributed by atoms with E-state index >= 15 is 0 Å². The number of hydrogen-bond donors (Lipinski definition) is 0. The van der Waals surface area contributed by atoms with Gasteiger partial charge in [-0.05, 0) is 56.5 Å². The van der Waals surface area contributed by atoms with Crippen LogP contribution in [-0.2, 0) is 17.6 Å². The Morgan fingerprint density at radius 2 is 1.82 bits per heavy atom. The maximum absolute atomic E-state index is 14.0. The third-order valence-corrected chi connectivity index (χ3v) is 5.46. The van der Waals surface area contributed by atoms with E-state index in [0.29, 0.717) is 19.0 Å². The van der Waals surface area contributed by atoms with Gasteiger partial charge in [0.15, 0.2) is 0 Å². The third kappa shape index (κ3) is 5.61. The minimum absolute atomic E-state index is 0.141. The zero-order valence-corrected chi connectivity index (χ0v) is 16.4. The maximum Gasteiger partial charge on any atom is 0.227 e. The molecule has 0 bridgehead atoms. The number of carbonyl (C=O) groups excluding carboxylic acids is 1. The van der Waals surface area contributed by atoms with E-state index in [0.717, 1.165) is 37.9 Å². The molecule has 1 heterocycles. The average Bonchev–Trinajstić information content (AvgIpc) is 2.69. The van der Waals surface area contributed by atoms with Crippen LogP contribution in [0.1, 0.15) is 24.0 Å². The van der Waals surface area contributed by atoms with Crippen LogP contribution in [0, 0.1) is 17.6 Å². The van der Waals surface area contributed by atoms with Crippen molar-refractivity contribution in [1.29, 1.82) is 0 Å². The molecule has 0 aromatic heterocycles. The number of piperidine rings is 1. The van der Waals surface area contributed by atoms with Gasteiger partial charge in [0.2, 0.25) is 5.91 Å². The van der Waals surface area contributed by atoms with E-state index in [1.807, 2.05) is 30.3 Å². The summed E-state index contributed by atoms with van der Waals surface area (Å²) in [6.07, 6.45) is 2.68. The van der Waals surface area contributed by atoms with Crippen molar-refractivity contribution in [2.45, 2.75) is 25.7 Å². The van der Waals surface area contributed by atoms with E-state index in [4.69, 9.17) is 0 Å². The highest BCUT2D eigenvalue weighted by molar-refractivity contribution is 5.79. The molecule has 1 fully saturated rings. The van der Waals surface area contributed by atoms with Crippen LogP contribution in [0.3, 0.4) is 0 Å². The fourth-order valence-electron chi connectivity index (χ4n) is 3.92. The van der Waals surface area contributed by atoms with Gasteiger partial charge in [-0.1, -0.05) is 36.4 Å². The Kier molecular flexibility index (Phi) is 7.15. The quantitative estimate of drug-likeness (QED) is 0.720. The van der Waals surface area contributed by atoms with Gasteiger partial charge in [0, 0.05) is 25.2 Å². The molecule has 3 rings (SSSR count). The van der Waals surface area contributed by atoms with Crippen LogP contribution in [0.25, 0.3) is 0 Å². The first-order chi connectivity index (χ1) is 13.5. The van der Waals surface area contributed by atoms with Crippen LogP contribution >= 0.6 is 0 Å². The Morgan fingerprint density at radius 1 is 1.11 bits per heavy atom. The van der Waals surface area contributed by atoms with Gasteiger partial charge in [-0.3, -0.25) is 4.79 Å². The number of benzene rings is 2. The second kappa shape index (κ2) is 9.78. The van der Waals surface area contributed by atoms with Crippen LogP contribution in [0.2, 0.25) is 0 Å². The van der Waals surface area contributed by atoms with Crippen molar-refractivity contribution in [3.05, 3.63) is 71.3 Å². The molecule has 28 heavy (non-hydrogen) atoms. The van der Waals surface area contributed by atoms with E-state index in [2.05, 4.69) is 11.9 Å². The van der Waals surface area contributed by atoms with Gasteiger partial charge in [-0.25, -0.2) is 8.78 Å². The Bertz CT molecular complexity index is 761. The Hall–Kier alpha value is -2.27. The highest BCUT2D eigenvalue weighted by Gasteiger charge is 2.24. The van der Waals surface area contributed by atoms with Crippen LogP contribution in [0.4, 0.5) is 8.78 Å². The lowest BCUT2D eigenvalue weighted by molar-refractivity contribution is -0.131. The number of likely N-dealkylation sites (tertiary alicyclic amines) is 1. The number of carbonyl (C=O) groups is 1. The second-order valence-corrected chi connectivity index (χ2v) is 7.72. The zero-order valence-electron chi connectivity index (χ0n) is 16.4. The minimum atomic E-state index is -0.659. The summed E-state index contributed by atoms with van der Waals surface area (Å²) in [6, 6.07) is 13.7. The molecule has 1 saturated heterocycles. The first-order valence-electron chi connectivity index (χ1n) is 9.96. The Labute approximate surface area is 166 Å². The van der Waals surface area contributed by atoms with Crippen molar-refractivity contribution in [1.82, 2.24) is 9.80 Å². The number of rotatable bonds is 7. The fraction of sp³-hybridized carbons (Fsp3) is 0.435. The average molecular weight is 386 g/mol. The summed E-state index contributed by atoms with van der Waals surface area (Å²) in [5.74, 6) is -1.14. The molecule has 1 aliphatic heterocycles. The van der Waals surface area contributed by atoms with Crippen LogP contribution in [0.5, 0.6) is 0 Å². The lowest BCUT2D eigenvalue weighted by Gasteiger charge is -2.34. The summed E-state index contributed by atoms with van der Waals surface area (Å²) in [6.45, 7) is 3.21. The van der Waals surface area contributed by atoms with E-state index < -0.39 is 11.6 Å². The molecule has 0 spiro atoms. The molecule has 2 aromatic rings. The highest BCUT2D eigenvalue weighted by atomic mass is 19.1. The molecule has 3 nitrogen and oxygen atoms in total. The lowest BCUT2D eigenvalue weighted by Crippen LogP contribution is -2.43. The molecular weight excluding hydrogens is 358 g/mol. The number of amides is 1. The zero-order chi connectivity index (χ0) is 19.9. The van der Waals surface area contributed by atoms with Crippen molar-refractivity contribution in [2.24, 2.45) is 5.92 Å². The topological polar surface area (TPSA) is 23.6 Å². The van der Waals surface area contributed by atoms with Crippen molar-refractivity contribution in [2.75, 3.05) is 33.2 Å². The first kappa shape index (κ1) is 20.5. The molecule has 0 radical (unpaired) electrons. The van der Waals surface area contributed by atoms with Crippen molar-refractivity contribution < 1.29 is 13.6 Å². The van der Waals surface area contributed by atoms with E-state index in [-0.39, 0.29) is 17.9 Å². The molecule has 0 N–H and O–H groups in total. The van der Waals surface area contributed by atoms with Gasteiger partial charge in [0.25, 0.3) is 0 Å². The molecule has 1 amide bonds. The Morgan fingerprint density at radius 3 is 2.50 bits per heavy atom. The summed E-state index contributed by atoms with van der Waals surface area (Å²) in [5, 5.41) is 0. The summed E-state index contributed by atoms with van der Waals surface area (Å²) >= 11 is 0. The Balaban J connectivity index is 1.71. The lowest BCUT2D eigenvalue weighted by atomic mass is 9.97. The summed E-state index contributed by atoms with van der Waals surface area (Å²) < 4.78 is 28.0. The number of halogens is 2. The largest absolute Gasteiger partial charge is 0.342 e. The number of nitrogens with zero attached hydrogens (tertiary/aromatic N) is 2. The molecule has 0 saturated carbocycles. The van der Waals surface area contributed by atoms with Crippen LogP contribution in [0.15, 0.2) is 48.5 Å². The van der Waals surface area contributed by atoms with Crippen LogP contribution in [-0.4, -0.2) is 48.9 Å². The van der Waals surface area contributed by atoms with Crippen LogP contribution < -0.4 is 0 Å². The van der Waals surface area contributed by atoms with Crippen molar-refractivity contribution >= 4 is 5.91 Å². The third-order valence-electron chi connectivity index (χ3n) is 5.46. The second-order valence-electron chi connectivity index (χ2n) is 7.72. The normalized spacial score (nSPS) is 17.5. The monoisotopic (exact) mass is 386 g/mol. The maximum atomic E-state index is 14.0. The highest BCUT2D eigenvalue weighted by Crippen LogP contribution is 2.19. The van der Waals surface area contributed by atoms with E-state index in [9.17, 15) is 13.6 Å². The summed E-state index contributed by atoms with van der Waals surface area (Å²) in [5.41, 5.74) is 1.01. The predicted molar refractivity (Wildman–Crippen MR) is 107 cm³/mol. The molecule has 2 aromatic carbocycles. The van der Waals surface area contributed by atoms with Crippen molar-refractivity contribution in [3.63, 3.8) is 0 Å². The van der Waals surface area contributed by atoms with Gasteiger partial charge in [-0.15, -0.1) is 0 Å². The standard InChI is InChI=1S/C23H28F2N2O/c1-26-13-6-9-19(16-26)17-27(14-12-18-7-3-2-4-8-18)23(28)15-20-21(24)10-5-11-22(20)25/h2-5,7-8,10-11,19H,6,9,12-17H2,1H3/t19-/m1/s1. The first-order valence-corrected chi connectivity index (χ1v) is 9.96. The molecule has 1 atom stereocenters. The molecule has 1 aliphatic rings. The fourth-order valence-corrected chi connectivity index (χ4v) is 3.92. The van der Waals surface area contributed by atoms with Gasteiger partial charge < -0.3 is 9.80 Å². The summed E-state index contributed by atoms with van der Waals surface area (Å²) in [7, 11) is 2.09. The van der Waals surface area contributed by atoms with Gasteiger partial charge in [-0.2, -0.15) is 0 Å². The van der Waals surface area contributed by atoms with E-state index in [1.54, 1.807) is 4.90 Å².